The lowest BCUT2D eigenvalue weighted by molar-refractivity contribution is 0.104. The Labute approximate surface area is 148 Å². The van der Waals surface area contributed by atoms with Crippen LogP contribution in [0.15, 0.2) is 53.2 Å². The van der Waals surface area contributed by atoms with Crippen molar-refractivity contribution in [3.8, 4) is 5.75 Å². The first-order valence-corrected chi connectivity index (χ1v) is 7.77. The number of hydrogen-bond acceptors (Lipinski definition) is 4. The number of allylic oxidation sites excluding steroid dienone is 1. The Kier molecular flexibility index (Phi) is 5.00. The van der Waals surface area contributed by atoms with Gasteiger partial charge in [-0.15, -0.1) is 0 Å². The second-order valence-electron chi connectivity index (χ2n) is 5.27. The number of hydrogen-bond donors (Lipinski definition) is 0. The molecule has 0 aliphatic heterocycles. The quantitative estimate of drug-likeness (QED) is 0.486. The van der Waals surface area contributed by atoms with Gasteiger partial charge in [0.25, 0.3) is 0 Å². The minimum atomic E-state index is -0.502. The summed E-state index contributed by atoms with van der Waals surface area (Å²) in [6.07, 6.45) is 6.14. The number of ketones is 1. The highest BCUT2D eigenvalue weighted by Crippen LogP contribution is 2.22. The molecule has 7 heteroatoms. The second-order valence-corrected chi connectivity index (χ2v) is 5.68. The second kappa shape index (κ2) is 7.36. The first-order valence-electron chi connectivity index (χ1n) is 7.39. The number of furan rings is 1. The number of aryl methyl sites for hydroxylation is 1. The highest BCUT2D eigenvalue weighted by molar-refractivity contribution is 6.30. The van der Waals surface area contributed by atoms with Crippen LogP contribution in [0.5, 0.6) is 5.75 Å². The molecule has 3 rings (SSSR count). The van der Waals surface area contributed by atoms with Crippen molar-refractivity contribution in [2.45, 2.75) is 6.61 Å². The third-order valence-corrected chi connectivity index (χ3v) is 3.63. The first-order chi connectivity index (χ1) is 12.0. The van der Waals surface area contributed by atoms with Crippen molar-refractivity contribution in [1.29, 1.82) is 0 Å². The van der Waals surface area contributed by atoms with E-state index in [-0.39, 0.29) is 17.4 Å². The number of rotatable bonds is 6. The molecule has 5 nitrogen and oxygen atoms in total. The number of benzene rings is 1. The van der Waals surface area contributed by atoms with Gasteiger partial charge in [0, 0.05) is 19.3 Å². The molecule has 0 radical (unpaired) electrons. The van der Waals surface area contributed by atoms with Crippen molar-refractivity contribution in [1.82, 2.24) is 9.78 Å². The summed E-state index contributed by atoms with van der Waals surface area (Å²) >= 11 is 5.70. The lowest BCUT2D eigenvalue weighted by Gasteiger charge is -2.04. The Hall–Kier alpha value is -2.86. The van der Waals surface area contributed by atoms with Crippen LogP contribution in [-0.2, 0) is 13.7 Å². The minimum Gasteiger partial charge on any atom is -0.486 e. The monoisotopic (exact) mass is 360 g/mol. The van der Waals surface area contributed by atoms with E-state index >= 15 is 0 Å². The zero-order valence-electron chi connectivity index (χ0n) is 13.3. The van der Waals surface area contributed by atoms with Crippen LogP contribution in [0.3, 0.4) is 0 Å². The van der Waals surface area contributed by atoms with Gasteiger partial charge in [0.15, 0.2) is 5.78 Å². The fourth-order valence-corrected chi connectivity index (χ4v) is 2.26. The predicted octanol–water partition coefficient (Wildman–Crippen LogP) is 4.28. The SMILES string of the molecule is Cn1cc(C(=O)C=Cc2ccc(COc3ccc(F)c(Cl)c3)o2)cn1. The molecule has 0 saturated carbocycles. The van der Waals surface area contributed by atoms with Gasteiger partial charge >= 0.3 is 0 Å². The molecule has 2 aromatic heterocycles. The van der Waals surface area contributed by atoms with E-state index in [0.29, 0.717) is 22.8 Å². The predicted molar refractivity (Wildman–Crippen MR) is 91.0 cm³/mol. The third-order valence-electron chi connectivity index (χ3n) is 3.34. The maximum Gasteiger partial charge on any atom is 0.189 e. The van der Waals surface area contributed by atoms with Gasteiger partial charge in [0.2, 0.25) is 0 Å². The molecule has 0 atom stereocenters. The van der Waals surface area contributed by atoms with Gasteiger partial charge < -0.3 is 9.15 Å². The lowest BCUT2D eigenvalue weighted by atomic mass is 10.2. The number of nitrogens with zero attached hydrogens (tertiary/aromatic N) is 2. The smallest absolute Gasteiger partial charge is 0.189 e. The van der Waals surface area contributed by atoms with Crippen LogP contribution in [0.2, 0.25) is 5.02 Å². The van der Waals surface area contributed by atoms with Crippen LogP contribution in [0.25, 0.3) is 6.08 Å². The van der Waals surface area contributed by atoms with E-state index in [9.17, 15) is 9.18 Å². The molecule has 0 bridgehead atoms. The van der Waals surface area contributed by atoms with E-state index in [4.69, 9.17) is 20.8 Å². The summed E-state index contributed by atoms with van der Waals surface area (Å²) in [6.45, 7) is 0.159. The molecule has 0 unspecified atom stereocenters. The van der Waals surface area contributed by atoms with Crippen molar-refractivity contribution >= 4 is 23.5 Å². The molecule has 0 saturated heterocycles. The van der Waals surface area contributed by atoms with Crippen LogP contribution in [0, 0.1) is 5.82 Å². The average molecular weight is 361 g/mol. The highest BCUT2D eigenvalue weighted by Gasteiger charge is 2.06. The zero-order valence-corrected chi connectivity index (χ0v) is 14.0. The molecule has 0 aliphatic carbocycles. The number of carbonyl (C=O) groups is 1. The number of ether oxygens (including phenoxy) is 1. The molecule has 128 valence electrons. The Morgan fingerprint density at radius 3 is 2.96 bits per heavy atom. The molecule has 2 heterocycles. The molecular formula is C18H14ClFN2O3. The number of aromatic nitrogens is 2. The van der Waals surface area contributed by atoms with E-state index in [1.165, 1.54) is 30.5 Å². The highest BCUT2D eigenvalue weighted by atomic mass is 35.5. The summed E-state index contributed by atoms with van der Waals surface area (Å²) in [4.78, 5) is 12.0. The van der Waals surface area contributed by atoms with E-state index < -0.39 is 5.82 Å². The Bertz CT molecular complexity index is 930. The summed E-state index contributed by atoms with van der Waals surface area (Å²) in [5.41, 5.74) is 0.502. The van der Waals surface area contributed by atoms with Crippen molar-refractivity contribution in [2.75, 3.05) is 0 Å². The van der Waals surface area contributed by atoms with Crippen LogP contribution in [-0.4, -0.2) is 15.6 Å². The molecule has 0 fully saturated rings. The Morgan fingerprint density at radius 2 is 2.24 bits per heavy atom. The largest absolute Gasteiger partial charge is 0.486 e. The molecule has 0 spiro atoms. The number of carbonyl (C=O) groups excluding carboxylic acids is 1. The van der Waals surface area contributed by atoms with Crippen LogP contribution < -0.4 is 4.74 Å². The standard InChI is InChI=1S/C18H14ClFN2O3/c1-22-10-12(9-21-22)18(23)7-5-13-2-3-15(25-13)11-24-14-4-6-17(20)16(19)8-14/h2-10H,11H2,1H3. The average Bonchev–Trinajstić information content (AvgIpc) is 3.23. The van der Waals surface area contributed by atoms with Gasteiger partial charge in [-0.3, -0.25) is 9.48 Å². The van der Waals surface area contributed by atoms with Crippen molar-refractivity contribution in [3.05, 3.63) is 76.7 Å². The van der Waals surface area contributed by atoms with Crippen LogP contribution in [0.1, 0.15) is 21.9 Å². The summed E-state index contributed by atoms with van der Waals surface area (Å²) in [5, 5.41) is 3.95. The molecule has 0 aliphatic rings. The van der Waals surface area contributed by atoms with Crippen molar-refractivity contribution < 1.29 is 18.3 Å². The molecule has 0 amide bonds. The fraction of sp³-hybridized carbons (Fsp3) is 0.111. The Morgan fingerprint density at radius 1 is 1.40 bits per heavy atom. The maximum atomic E-state index is 13.1. The van der Waals surface area contributed by atoms with Gasteiger partial charge in [-0.1, -0.05) is 11.6 Å². The summed E-state index contributed by atoms with van der Waals surface area (Å²) in [7, 11) is 1.74. The summed E-state index contributed by atoms with van der Waals surface area (Å²) < 4.78 is 25.7. The van der Waals surface area contributed by atoms with Crippen LogP contribution >= 0.6 is 11.6 Å². The van der Waals surface area contributed by atoms with E-state index in [0.717, 1.165) is 0 Å². The van der Waals surface area contributed by atoms with E-state index in [1.54, 1.807) is 36.1 Å². The molecule has 3 aromatic rings. The Balaban J connectivity index is 1.59. The van der Waals surface area contributed by atoms with Crippen molar-refractivity contribution in [3.63, 3.8) is 0 Å². The zero-order chi connectivity index (χ0) is 17.8. The maximum absolute atomic E-state index is 13.1. The fourth-order valence-electron chi connectivity index (χ4n) is 2.09. The topological polar surface area (TPSA) is 57.3 Å². The minimum absolute atomic E-state index is 0.00511. The van der Waals surface area contributed by atoms with Gasteiger partial charge in [-0.05, 0) is 36.4 Å². The van der Waals surface area contributed by atoms with Gasteiger partial charge in [-0.2, -0.15) is 5.10 Å². The van der Waals surface area contributed by atoms with Crippen LogP contribution in [0.4, 0.5) is 4.39 Å². The molecule has 25 heavy (non-hydrogen) atoms. The lowest BCUT2D eigenvalue weighted by Crippen LogP contribution is -1.94. The third kappa shape index (κ3) is 4.36. The molecular weight excluding hydrogens is 347 g/mol. The number of halogens is 2. The summed E-state index contributed by atoms with van der Waals surface area (Å²) in [6, 6.07) is 7.57. The van der Waals surface area contributed by atoms with Crippen molar-refractivity contribution in [2.24, 2.45) is 7.05 Å². The van der Waals surface area contributed by atoms with Gasteiger partial charge in [-0.25, -0.2) is 4.39 Å². The van der Waals surface area contributed by atoms with E-state index in [2.05, 4.69) is 5.10 Å². The first kappa shape index (κ1) is 17.0. The van der Waals surface area contributed by atoms with Gasteiger partial charge in [0.05, 0.1) is 16.8 Å². The normalized spacial score (nSPS) is 11.2. The van der Waals surface area contributed by atoms with Gasteiger partial charge in [0.1, 0.15) is 29.7 Å². The molecule has 1 aromatic carbocycles. The summed E-state index contributed by atoms with van der Waals surface area (Å²) in [5.74, 6) is 0.856. The van der Waals surface area contributed by atoms with E-state index in [1.807, 2.05) is 0 Å². The molecule has 0 N–H and O–H groups in total.